The van der Waals surface area contributed by atoms with Gasteiger partial charge in [0.05, 0.1) is 0 Å². The summed E-state index contributed by atoms with van der Waals surface area (Å²) in [4.78, 5) is 0. The predicted molar refractivity (Wildman–Crippen MR) is 35.3 cm³/mol. The van der Waals surface area contributed by atoms with Crippen molar-refractivity contribution in [3.05, 3.63) is 0 Å². The molecule has 0 amide bonds. The van der Waals surface area contributed by atoms with E-state index in [1.807, 2.05) is 0 Å². The highest BCUT2D eigenvalue weighted by Crippen LogP contribution is 1.88. The van der Waals surface area contributed by atoms with Crippen LogP contribution in [0.25, 0.3) is 0 Å². The molecule has 0 saturated carbocycles. The molecule has 0 radical (unpaired) electrons. The topological polar surface area (TPSA) is 26.0 Å². The lowest BCUT2D eigenvalue weighted by Crippen LogP contribution is -1.69. The largest absolute Gasteiger partial charge is 0.333 e. The van der Waals surface area contributed by atoms with Gasteiger partial charge in [-0.3, -0.25) is 0 Å². The van der Waals surface area contributed by atoms with Crippen LogP contribution < -0.4 is 5.73 Å². The Hall–Kier alpha value is -0.0400. The third kappa shape index (κ3) is 24.3. The van der Waals surface area contributed by atoms with Gasteiger partial charge in [-0.05, 0) is 7.05 Å². The van der Waals surface area contributed by atoms with Gasteiger partial charge in [0, 0.05) is 0 Å². The van der Waals surface area contributed by atoms with Crippen molar-refractivity contribution in [1.29, 1.82) is 0 Å². The van der Waals surface area contributed by atoms with Gasteiger partial charge in [0.1, 0.15) is 0 Å². The standard InChI is InChI=1S/C5H12.CH5N/c1-3-5-4-2;1-2/h3-5H2,1-2H3;2H2,1H3. The lowest BCUT2D eigenvalue weighted by molar-refractivity contribution is 0.772. The zero-order chi connectivity index (χ0) is 6.12. The van der Waals surface area contributed by atoms with Gasteiger partial charge in [0.15, 0.2) is 0 Å². The van der Waals surface area contributed by atoms with Gasteiger partial charge in [0.25, 0.3) is 0 Å². The molecule has 0 aromatic carbocycles. The molecule has 0 rings (SSSR count). The summed E-state index contributed by atoms with van der Waals surface area (Å²) in [7, 11) is 1.50. The van der Waals surface area contributed by atoms with E-state index in [1.165, 1.54) is 26.3 Å². The quantitative estimate of drug-likeness (QED) is 0.566. The van der Waals surface area contributed by atoms with Gasteiger partial charge >= 0.3 is 0 Å². The van der Waals surface area contributed by atoms with Crippen molar-refractivity contribution >= 4 is 0 Å². The Morgan fingerprint density at radius 1 is 1.00 bits per heavy atom. The Kier molecular flexibility index (Phi) is 24.0. The molecule has 1 heteroatoms. The first-order valence-electron chi connectivity index (χ1n) is 2.99. The highest BCUT2D eigenvalue weighted by atomic mass is 14.4. The predicted octanol–water partition coefficient (Wildman–Crippen LogP) is 1.77. The minimum Gasteiger partial charge on any atom is -0.333 e. The Morgan fingerprint density at radius 2 is 1.29 bits per heavy atom. The molecule has 0 aliphatic rings. The zero-order valence-corrected chi connectivity index (χ0v) is 5.70. The second-order valence-electron chi connectivity index (χ2n) is 1.35. The van der Waals surface area contributed by atoms with E-state index in [4.69, 9.17) is 0 Å². The van der Waals surface area contributed by atoms with Gasteiger partial charge in [-0.15, -0.1) is 0 Å². The van der Waals surface area contributed by atoms with Crippen LogP contribution >= 0.6 is 0 Å². The third-order valence-electron chi connectivity index (χ3n) is 0.707. The van der Waals surface area contributed by atoms with Gasteiger partial charge in [-0.1, -0.05) is 33.1 Å². The molecule has 2 N–H and O–H groups in total. The third-order valence-corrected chi connectivity index (χ3v) is 0.707. The minimum atomic E-state index is 1.34. The molecule has 0 saturated heterocycles. The van der Waals surface area contributed by atoms with Crippen molar-refractivity contribution < 1.29 is 0 Å². The second kappa shape index (κ2) is 16.7. The zero-order valence-electron chi connectivity index (χ0n) is 5.70. The molecule has 7 heavy (non-hydrogen) atoms. The van der Waals surface area contributed by atoms with Crippen LogP contribution in [0.3, 0.4) is 0 Å². The van der Waals surface area contributed by atoms with Crippen molar-refractivity contribution in [3.63, 3.8) is 0 Å². The maximum atomic E-state index is 4.50. The number of nitrogens with two attached hydrogens (primary N) is 1. The second-order valence-corrected chi connectivity index (χ2v) is 1.35. The summed E-state index contributed by atoms with van der Waals surface area (Å²) < 4.78 is 0. The first-order valence-corrected chi connectivity index (χ1v) is 2.99. The van der Waals surface area contributed by atoms with Crippen molar-refractivity contribution in [2.24, 2.45) is 5.73 Å². The maximum Gasteiger partial charge on any atom is -0.0195 e. The van der Waals surface area contributed by atoms with Crippen LogP contribution in [0, 0.1) is 0 Å². The van der Waals surface area contributed by atoms with Crippen LogP contribution in [-0.2, 0) is 0 Å². The van der Waals surface area contributed by atoms with E-state index in [1.54, 1.807) is 0 Å². The van der Waals surface area contributed by atoms with Crippen LogP contribution in [0.1, 0.15) is 33.1 Å². The average molecular weight is 103 g/mol. The molecule has 0 aliphatic heterocycles. The van der Waals surface area contributed by atoms with Gasteiger partial charge in [-0.25, -0.2) is 0 Å². The summed E-state index contributed by atoms with van der Waals surface area (Å²) in [6, 6.07) is 0. The summed E-state index contributed by atoms with van der Waals surface area (Å²) in [6.45, 7) is 4.42. The molecule has 46 valence electrons. The van der Waals surface area contributed by atoms with Crippen molar-refractivity contribution in [1.82, 2.24) is 0 Å². The summed E-state index contributed by atoms with van der Waals surface area (Å²) in [5.41, 5.74) is 4.50. The first-order chi connectivity index (χ1) is 3.41. The van der Waals surface area contributed by atoms with Gasteiger partial charge in [0.2, 0.25) is 0 Å². The fourth-order valence-corrected chi connectivity index (χ4v) is 0.354. The molecule has 0 atom stereocenters. The molecule has 0 bridgehead atoms. The summed E-state index contributed by atoms with van der Waals surface area (Å²) in [5, 5.41) is 0. The molecule has 0 fully saturated rings. The van der Waals surface area contributed by atoms with Crippen molar-refractivity contribution in [2.75, 3.05) is 7.05 Å². The molecule has 0 aliphatic carbocycles. The first kappa shape index (κ1) is 10.0. The smallest absolute Gasteiger partial charge is 0.0195 e. The van der Waals surface area contributed by atoms with Crippen molar-refractivity contribution in [2.45, 2.75) is 33.1 Å². The molecule has 0 aromatic heterocycles. The van der Waals surface area contributed by atoms with E-state index in [9.17, 15) is 0 Å². The minimum absolute atomic E-state index is 1.34. The number of hydrogen-bond donors (Lipinski definition) is 1. The Labute approximate surface area is 46.9 Å². The highest BCUT2D eigenvalue weighted by Gasteiger charge is 1.68. The Morgan fingerprint density at radius 3 is 1.29 bits per heavy atom. The number of unbranched alkanes of at least 4 members (excludes halogenated alkanes) is 2. The molecular weight excluding hydrogens is 86.1 g/mol. The molecule has 0 aromatic rings. The molecule has 1 nitrogen and oxygen atoms in total. The Bertz CT molecular complexity index is 11.7. The molecule has 0 unspecified atom stereocenters. The summed E-state index contributed by atoms with van der Waals surface area (Å²) in [5.74, 6) is 0. The van der Waals surface area contributed by atoms with Crippen molar-refractivity contribution in [3.8, 4) is 0 Å². The Balaban J connectivity index is 0. The molecular formula is C6H17N. The van der Waals surface area contributed by atoms with Gasteiger partial charge < -0.3 is 5.73 Å². The lowest BCUT2D eigenvalue weighted by atomic mass is 10.3. The fraction of sp³-hybridized carbons (Fsp3) is 1.00. The van der Waals surface area contributed by atoms with Crippen LogP contribution in [-0.4, -0.2) is 7.05 Å². The maximum absolute atomic E-state index is 4.50. The van der Waals surface area contributed by atoms with E-state index >= 15 is 0 Å². The monoisotopic (exact) mass is 103 g/mol. The van der Waals surface area contributed by atoms with E-state index in [-0.39, 0.29) is 0 Å². The highest BCUT2D eigenvalue weighted by molar-refractivity contribution is 4.24. The number of rotatable bonds is 2. The van der Waals surface area contributed by atoms with Crippen LogP contribution in [0.15, 0.2) is 0 Å². The van der Waals surface area contributed by atoms with Crippen LogP contribution in [0.4, 0.5) is 0 Å². The average Bonchev–Trinajstić information content (AvgIpc) is 1.75. The summed E-state index contributed by atoms with van der Waals surface area (Å²) in [6.07, 6.45) is 4.08. The summed E-state index contributed by atoms with van der Waals surface area (Å²) >= 11 is 0. The van der Waals surface area contributed by atoms with E-state index in [0.29, 0.717) is 0 Å². The SMILES string of the molecule is CCCCC.CN. The number of hydrogen-bond acceptors (Lipinski definition) is 1. The van der Waals surface area contributed by atoms with E-state index in [2.05, 4.69) is 19.6 Å². The molecule has 0 heterocycles. The van der Waals surface area contributed by atoms with Crippen LogP contribution in [0.5, 0.6) is 0 Å². The van der Waals surface area contributed by atoms with E-state index < -0.39 is 0 Å². The van der Waals surface area contributed by atoms with Gasteiger partial charge in [-0.2, -0.15) is 0 Å². The van der Waals surface area contributed by atoms with Crippen LogP contribution in [0.2, 0.25) is 0 Å². The normalized spacial score (nSPS) is 6.86. The lowest BCUT2D eigenvalue weighted by Gasteiger charge is -1.79. The fourth-order valence-electron chi connectivity index (χ4n) is 0.354. The molecule has 0 spiro atoms. The van der Waals surface area contributed by atoms with E-state index in [0.717, 1.165) is 0 Å².